The summed E-state index contributed by atoms with van der Waals surface area (Å²) in [5.74, 6) is 4.09. The zero-order valence-corrected chi connectivity index (χ0v) is 42.7. The van der Waals surface area contributed by atoms with Crippen LogP contribution >= 0.6 is 38.5 Å². The van der Waals surface area contributed by atoms with Crippen LogP contribution in [0.25, 0.3) is 0 Å². The van der Waals surface area contributed by atoms with Crippen LogP contribution in [-0.4, -0.2) is 53.2 Å². The molecule has 0 aliphatic rings. The first-order valence-electron chi connectivity index (χ1n) is 21.2. The molecule has 0 unspecified atom stereocenters. The number of nitrogen functional groups attached to an aromatic ring is 1. The highest BCUT2D eigenvalue weighted by Crippen LogP contribution is 2.37. The number of nitrogens with zero attached hydrogens (tertiary/aromatic N) is 1. The number of benzene rings is 8. The maximum Gasteiger partial charge on any atom is 0.150 e. The predicted octanol–water partition coefficient (Wildman–Crippen LogP) is 13.8. The molecule has 0 amide bonds. The number of nitrogens with one attached hydrogen (secondary N) is 1. The lowest BCUT2D eigenvalue weighted by atomic mass is 10.1. The van der Waals surface area contributed by atoms with Gasteiger partial charge in [0.25, 0.3) is 0 Å². The van der Waals surface area contributed by atoms with Crippen LogP contribution in [-0.2, 0) is 6.61 Å². The molecule has 0 saturated carbocycles. The van der Waals surface area contributed by atoms with Gasteiger partial charge in [0.2, 0.25) is 0 Å². The summed E-state index contributed by atoms with van der Waals surface area (Å²) in [6.45, 7) is 0.0606. The molecular weight excluding hydrogens is 1050 g/mol. The van der Waals surface area contributed by atoms with E-state index in [-0.39, 0.29) is 6.61 Å². The van der Waals surface area contributed by atoms with E-state index in [1.165, 1.54) is 0 Å². The molecule has 356 valence electrons. The molecule has 0 aliphatic heterocycles. The quantitative estimate of drug-likeness (QED) is 0.0577. The minimum absolute atomic E-state index is 0.0606. The van der Waals surface area contributed by atoms with Crippen molar-refractivity contribution < 1.29 is 38.4 Å². The fourth-order valence-electron chi connectivity index (χ4n) is 6.04. The first-order valence-corrected chi connectivity index (χ1v) is 23.1. The van der Waals surface area contributed by atoms with Crippen molar-refractivity contribution in [3.63, 3.8) is 0 Å². The van der Waals surface area contributed by atoms with Crippen molar-refractivity contribution in [2.24, 2.45) is 0 Å². The number of methoxy groups -OCH3 is 5. The molecular formula is C56H55BrIN3O8. The van der Waals surface area contributed by atoms with Crippen LogP contribution < -0.4 is 39.6 Å². The Hall–Kier alpha value is -7.33. The second-order valence-corrected chi connectivity index (χ2v) is 16.4. The molecule has 0 fully saturated rings. The summed E-state index contributed by atoms with van der Waals surface area (Å²) in [6, 6.07) is 61.0. The fraction of sp³-hybridized carbons (Fsp3) is 0.107. The summed E-state index contributed by atoms with van der Waals surface area (Å²) in [6.07, 6.45) is 1.68. The lowest BCUT2D eigenvalue weighted by Crippen LogP contribution is -2.10. The van der Waals surface area contributed by atoms with E-state index in [1.807, 2.05) is 158 Å². The lowest BCUT2D eigenvalue weighted by molar-refractivity contribution is 0.111. The van der Waals surface area contributed by atoms with E-state index in [9.17, 15) is 9.59 Å². The third-order valence-corrected chi connectivity index (χ3v) is 10.7. The topological polar surface area (TPSA) is 142 Å². The molecule has 0 heterocycles. The molecule has 13 heteroatoms. The number of carbonyl (C=O) groups excluding carboxylic acids is 2. The molecule has 8 aromatic rings. The van der Waals surface area contributed by atoms with E-state index in [2.05, 4.69) is 48.7 Å². The molecule has 0 radical (unpaired) electrons. The SMILES string of the molecule is COc1cccc(Br)c1.COc1cccc(N(c2ccc(C=O)cc2)c2cccc(OC)c2)c1.COc1cccc(Nc2cccc(OC)c2)c1.Nc1cccc(CO)c1.O=Cc1ccc(I)cc1. The Balaban J connectivity index is 0.000000203. The Bertz CT molecular complexity index is 2640. The van der Waals surface area contributed by atoms with Crippen molar-refractivity contribution in [1.82, 2.24) is 0 Å². The van der Waals surface area contributed by atoms with Crippen LogP contribution in [0.2, 0.25) is 0 Å². The van der Waals surface area contributed by atoms with Crippen LogP contribution in [0.1, 0.15) is 26.3 Å². The standard InChI is InChI=1S/C21H19NO3.C14H15NO2.C7H7BrO.C7H5IO.C7H9NO/c1-24-20-7-3-5-18(13-20)22(17-11-9-16(15-23)10-12-17)19-6-4-8-21(14-19)25-2;1-16-13-7-3-5-11(9-13)15-12-6-4-8-14(10-12)17-2;1-9-7-4-2-3-6(8)5-7;8-7-3-1-6(5-9)2-4-7;8-7-3-1-2-6(4-7)5-9/h3-15H,1-2H3;3-10,15H,1-2H3;2-5H,1H3;1-5H;1-4,9H,5,8H2. The third-order valence-electron chi connectivity index (χ3n) is 9.51. The normalized spacial score (nSPS) is 9.68. The number of rotatable bonds is 13. The van der Waals surface area contributed by atoms with Gasteiger partial charge in [-0.05, 0) is 143 Å². The van der Waals surface area contributed by atoms with Gasteiger partial charge in [-0.15, -0.1) is 0 Å². The number of hydrogen-bond donors (Lipinski definition) is 3. The summed E-state index contributed by atoms with van der Waals surface area (Å²) >= 11 is 5.52. The molecule has 0 spiro atoms. The van der Waals surface area contributed by atoms with Crippen LogP contribution in [0.4, 0.5) is 34.1 Å². The number of aliphatic hydroxyl groups excluding tert-OH is 1. The average molecular weight is 1100 g/mol. The van der Waals surface area contributed by atoms with Crippen LogP contribution in [0.3, 0.4) is 0 Å². The molecule has 8 aromatic carbocycles. The van der Waals surface area contributed by atoms with Crippen LogP contribution in [0, 0.1) is 3.57 Å². The minimum atomic E-state index is 0.0606. The summed E-state index contributed by atoms with van der Waals surface area (Å²) in [7, 11) is 8.26. The second-order valence-electron chi connectivity index (χ2n) is 14.3. The molecule has 0 atom stereocenters. The van der Waals surface area contributed by atoms with Crippen molar-refractivity contribution >= 4 is 85.2 Å². The Morgan fingerprint density at radius 2 is 0.913 bits per heavy atom. The number of nitrogens with two attached hydrogens (primary N) is 1. The van der Waals surface area contributed by atoms with E-state index >= 15 is 0 Å². The van der Waals surface area contributed by atoms with Gasteiger partial charge < -0.3 is 44.7 Å². The van der Waals surface area contributed by atoms with Gasteiger partial charge in [-0.2, -0.15) is 0 Å². The maximum absolute atomic E-state index is 10.9. The van der Waals surface area contributed by atoms with Gasteiger partial charge >= 0.3 is 0 Å². The first-order chi connectivity index (χ1) is 33.5. The summed E-state index contributed by atoms with van der Waals surface area (Å²) < 4.78 is 28.2. The van der Waals surface area contributed by atoms with Crippen molar-refractivity contribution in [2.45, 2.75) is 6.61 Å². The van der Waals surface area contributed by atoms with Crippen molar-refractivity contribution in [2.75, 3.05) is 51.5 Å². The lowest BCUT2D eigenvalue weighted by Gasteiger charge is -2.26. The minimum Gasteiger partial charge on any atom is -0.497 e. The molecule has 69 heavy (non-hydrogen) atoms. The summed E-state index contributed by atoms with van der Waals surface area (Å²) in [4.78, 5) is 23.1. The van der Waals surface area contributed by atoms with Gasteiger partial charge in [0.15, 0.2) is 0 Å². The average Bonchev–Trinajstić information content (AvgIpc) is 3.40. The number of halogens is 2. The number of aliphatic hydroxyl groups is 1. The molecule has 0 aliphatic carbocycles. The molecule has 0 bridgehead atoms. The van der Waals surface area contributed by atoms with Gasteiger partial charge in [-0.1, -0.05) is 70.5 Å². The molecule has 4 N–H and O–H groups in total. The second kappa shape index (κ2) is 30.1. The highest BCUT2D eigenvalue weighted by Gasteiger charge is 2.14. The Morgan fingerprint density at radius 3 is 1.30 bits per heavy atom. The Morgan fingerprint density at radius 1 is 0.507 bits per heavy atom. The fourth-order valence-corrected chi connectivity index (χ4v) is 6.78. The van der Waals surface area contributed by atoms with E-state index < -0.39 is 0 Å². The number of hydrogen-bond acceptors (Lipinski definition) is 11. The highest BCUT2D eigenvalue weighted by atomic mass is 127. The number of carbonyl (C=O) groups is 2. The van der Waals surface area contributed by atoms with E-state index in [4.69, 9.17) is 34.5 Å². The summed E-state index contributed by atoms with van der Waals surface area (Å²) in [5.41, 5.74) is 13.2. The van der Waals surface area contributed by atoms with Crippen LogP contribution in [0.5, 0.6) is 28.7 Å². The van der Waals surface area contributed by atoms with Crippen molar-refractivity contribution in [3.05, 3.63) is 219 Å². The molecule has 0 aromatic heterocycles. The first kappa shape index (κ1) is 54.3. The summed E-state index contributed by atoms with van der Waals surface area (Å²) in [5, 5.41) is 11.9. The number of anilines is 6. The molecule has 0 saturated heterocycles. The van der Waals surface area contributed by atoms with Crippen molar-refractivity contribution in [1.29, 1.82) is 0 Å². The molecule has 11 nitrogen and oxygen atoms in total. The third kappa shape index (κ3) is 19.1. The Labute approximate surface area is 426 Å². The van der Waals surface area contributed by atoms with Gasteiger partial charge in [0.1, 0.15) is 41.3 Å². The molecule has 8 rings (SSSR count). The smallest absolute Gasteiger partial charge is 0.150 e. The van der Waals surface area contributed by atoms with E-state index in [0.29, 0.717) is 11.3 Å². The van der Waals surface area contributed by atoms with Crippen molar-refractivity contribution in [3.8, 4) is 28.7 Å². The van der Waals surface area contributed by atoms with Gasteiger partial charge in [0, 0.05) is 77.6 Å². The van der Waals surface area contributed by atoms with Gasteiger partial charge in [-0.25, -0.2) is 0 Å². The Kier molecular flexibility index (Phi) is 23.7. The van der Waals surface area contributed by atoms with Gasteiger partial charge in [0.05, 0.1) is 42.2 Å². The van der Waals surface area contributed by atoms with E-state index in [1.54, 1.807) is 71.9 Å². The zero-order chi connectivity index (χ0) is 49.8. The monoisotopic (exact) mass is 1100 g/mol. The predicted molar refractivity (Wildman–Crippen MR) is 291 cm³/mol. The van der Waals surface area contributed by atoms with Crippen LogP contribution in [0.15, 0.2) is 199 Å². The van der Waals surface area contributed by atoms with E-state index in [0.717, 1.165) is 88.9 Å². The zero-order valence-electron chi connectivity index (χ0n) is 38.9. The number of ether oxygens (including phenoxy) is 5. The maximum atomic E-state index is 10.9. The van der Waals surface area contributed by atoms with Gasteiger partial charge in [-0.3, -0.25) is 9.59 Å². The number of aldehydes is 2. The largest absolute Gasteiger partial charge is 0.497 e. The highest BCUT2D eigenvalue weighted by molar-refractivity contribution is 14.1.